The van der Waals surface area contributed by atoms with Gasteiger partial charge in [-0.25, -0.2) is 0 Å². The summed E-state index contributed by atoms with van der Waals surface area (Å²) in [6.07, 6.45) is 7.14. The lowest BCUT2D eigenvalue weighted by Gasteiger charge is -2.09. The van der Waals surface area contributed by atoms with Crippen LogP contribution in [0.3, 0.4) is 0 Å². The maximum absolute atomic E-state index is 6.12. The van der Waals surface area contributed by atoms with E-state index >= 15 is 0 Å². The van der Waals surface area contributed by atoms with Crippen LogP contribution in [-0.4, -0.2) is 9.78 Å². The van der Waals surface area contributed by atoms with Crippen molar-refractivity contribution in [3.8, 4) is 5.75 Å². The number of ether oxygens (including phenoxy) is 1. The number of nitrogens with two attached hydrogens (primary N) is 1. The predicted octanol–water partition coefficient (Wildman–Crippen LogP) is 3.69. The first-order valence-electron chi connectivity index (χ1n) is 7.41. The summed E-state index contributed by atoms with van der Waals surface area (Å²) in [5, 5.41) is 5.25. The van der Waals surface area contributed by atoms with Crippen molar-refractivity contribution in [2.45, 2.75) is 44.9 Å². The van der Waals surface area contributed by atoms with E-state index in [1.807, 2.05) is 18.2 Å². The minimum atomic E-state index is 0.435. The van der Waals surface area contributed by atoms with Gasteiger partial charge in [0.1, 0.15) is 12.4 Å². The molecule has 3 rings (SSSR count). The summed E-state index contributed by atoms with van der Waals surface area (Å²) in [5.74, 6) is 0.743. The molecule has 21 heavy (non-hydrogen) atoms. The van der Waals surface area contributed by atoms with Gasteiger partial charge in [-0.1, -0.05) is 30.5 Å². The van der Waals surface area contributed by atoms with Crippen molar-refractivity contribution in [1.29, 1.82) is 0 Å². The monoisotopic (exact) mass is 305 g/mol. The van der Waals surface area contributed by atoms with Gasteiger partial charge in [-0.15, -0.1) is 0 Å². The van der Waals surface area contributed by atoms with E-state index in [9.17, 15) is 0 Å². The van der Waals surface area contributed by atoms with Gasteiger partial charge in [0.15, 0.2) is 0 Å². The van der Waals surface area contributed by atoms with E-state index in [0.717, 1.165) is 17.0 Å². The highest BCUT2D eigenvalue weighted by molar-refractivity contribution is 6.31. The van der Waals surface area contributed by atoms with Crippen LogP contribution in [0.4, 0.5) is 0 Å². The van der Waals surface area contributed by atoms with E-state index in [1.54, 1.807) is 6.07 Å². The van der Waals surface area contributed by atoms with Gasteiger partial charge in [0.25, 0.3) is 0 Å². The largest absolute Gasteiger partial charge is 0.487 e. The van der Waals surface area contributed by atoms with E-state index in [1.165, 1.54) is 25.7 Å². The molecule has 4 nitrogen and oxygen atoms in total. The van der Waals surface area contributed by atoms with Crippen molar-refractivity contribution in [1.82, 2.24) is 9.78 Å². The summed E-state index contributed by atoms with van der Waals surface area (Å²) in [4.78, 5) is 0. The second kappa shape index (κ2) is 6.50. The molecule has 1 aliphatic rings. The third kappa shape index (κ3) is 3.39. The summed E-state index contributed by atoms with van der Waals surface area (Å²) >= 11 is 6.12. The third-order valence-electron chi connectivity index (χ3n) is 3.99. The smallest absolute Gasteiger partial charge is 0.132 e. The highest BCUT2D eigenvalue weighted by atomic mass is 35.5. The first-order valence-corrected chi connectivity index (χ1v) is 7.79. The van der Waals surface area contributed by atoms with Crippen LogP contribution < -0.4 is 10.5 Å². The molecule has 1 aliphatic carbocycles. The van der Waals surface area contributed by atoms with Crippen LogP contribution in [-0.2, 0) is 13.2 Å². The van der Waals surface area contributed by atoms with E-state index in [0.29, 0.717) is 24.2 Å². The van der Waals surface area contributed by atoms with Crippen LogP contribution in [0.1, 0.15) is 43.0 Å². The van der Waals surface area contributed by atoms with Gasteiger partial charge in [-0.3, -0.25) is 4.68 Å². The molecule has 1 fully saturated rings. The predicted molar refractivity (Wildman–Crippen MR) is 83.4 cm³/mol. The van der Waals surface area contributed by atoms with E-state index in [4.69, 9.17) is 22.1 Å². The van der Waals surface area contributed by atoms with Crippen LogP contribution in [0.25, 0.3) is 0 Å². The fourth-order valence-corrected chi connectivity index (χ4v) is 3.01. The van der Waals surface area contributed by atoms with E-state index < -0.39 is 0 Å². The van der Waals surface area contributed by atoms with Crippen molar-refractivity contribution in [3.63, 3.8) is 0 Å². The van der Waals surface area contributed by atoms with Crippen LogP contribution in [0.15, 0.2) is 30.5 Å². The number of halogens is 1. The lowest BCUT2D eigenvalue weighted by Crippen LogP contribution is -2.06. The van der Waals surface area contributed by atoms with Gasteiger partial charge < -0.3 is 10.5 Å². The summed E-state index contributed by atoms with van der Waals surface area (Å²) in [6, 6.07) is 8.18. The summed E-state index contributed by atoms with van der Waals surface area (Å²) in [6.45, 7) is 0.892. The molecule has 0 saturated heterocycles. The summed E-state index contributed by atoms with van der Waals surface area (Å²) < 4.78 is 7.83. The minimum absolute atomic E-state index is 0.435. The average molecular weight is 306 g/mol. The Labute approximate surface area is 129 Å². The van der Waals surface area contributed by atoms with Crippen LogP contribution >= 0.6 is 11.6 Å². The molecule has 0 spiro atoms. The number of hydrogen-bond donors (Lipinski definition) is 1. The lowest BCUT2D eigenvalue weighted by molar-refractivity contribution is 0.298. The molecular weight excluding hydrogens is 286 g/mol. The fourth-order valence-electron chi connectivity index (χ4n) is 2.77. The van der Waals surface area contributed by atoms with Gasteiger partial charge in [0.05, 0.1) is 11.7 Å². The molecule has 1 aromatic carbocycles. The SMILES string of the molecule is NCc1ccc(OCc2ccn(C3CCCC3)n2)cc1Cl. The second-order valence-corrected chi connectivity index (χ2v) is 5.88. The Morgan fingerprint density at radius 3 is 2.81 bits per heavy atom. The molecule has 2 aromatic rings. The van der Waals surface area contributed by atoms with E-state index in [2.05, 4.69) is 16.0 Å². The van der Waals surface area contributed by atoms with Gasteiger partial charge in [0.2, 0.25) is 0 Å². The molecule has 0 aliphatic heterocycles. The van der Waals surface area contributed by atoms with Crippen molar-refractivity contribution in [2.75, 3.05) is 0 Å². The normalized spacial score (nSPS) is 15.5. The van der Waals surface area contributed by atoms with Gasteiger partial charge >= 0.3 is 0 Å². The molecule has 1 saturated carbocycles. The van der Waals surface area contributed by atoms with Crippen molar-refractivity contribution in [2.24, 2.45) is 5.73 Å². The molecule has 0 bridgehead atoms. The Hall–Kier alpha value is -1.52. The minimum Gasteiger partial charge on any atom is -0.487 e. The zero-order valence-electron chi connectivity index (χ0n) is 12.0. The number of nitrogens with zero attached hydrogens (tertiary/aromatic N) is 2. The fraction of sp³-hybridized carbons (Fsp3) is 0.438. The Morgan fingerprint density at radius 1 is 1.29 bits per heavy atom. The molecule has 1 heterocycles. The molecule has 112 valence electrons. The molecular formula is C16H20ClN3O. The average Bonchev–Trinajstić information content (AvgIpc) is 3.16. The molecule has 2 N–H and O–H groups in total. The van der Waals surface area contributed by atoms with Gasteiger partial charge in [-0.05, 0) is 36.6 Å². The summed E-state index contributed by atoms with van der Waals surface area (Å²) in [7, 11) is 0. The van der Waals surface area contributed by atoms with Gasteiger partial charge in [0, 0.05) is 17.8 Å². The standard InChI is InChI=1S/C16H20ClN3O/c17-16-9-15(6-5-12(16)10-18)21-11-13-7-8-20(19-13)14-3-1-2-4-14/h5-9,14H,1-4,10-11,18H2. The van der Waals surface area contributed by atoms with E-state index in [-0.39, 0.29) is 0 Å². The molecule has 0 unspecified atom stereocenters. The zero-order chi connectivity index (χ0) is 14.7. The quantitative estimate of drug-likeness (QED) is 0.916. The number of aromatic nitrogens is 2. The van der Waals surface area contributed by atoms with Crippen LogP contribution in [0.5, 0.6) is 5.75 Å². The highest BCUT2D eigenvalue weighted by Gasteiger charge is 2.17. The Bertz CT molecular complexity index is 605. The van der Waals surface area contributed by atoms with Crippen molar-refractivity contribution >= 4 is 11.6 Å². The first-order chi connectivity index (χ1) is 10.3. The number of hydrogen-bond acceptors (Lipinski definition) is 3. The van der Waals surface area contributed by atoms with Crippen molar-refractivity contribution in [3.05, 3.63) is 46.7 Å². The van der Waals surface area contributed by atoms with Crippen LogP contribution in [0.2, 0.25) is 5.02 Å². The topological polar surface area (TPSA) is 53.1 Å². The first kappa shape index (κ1) is 14.4. The molecule has 0 radical (unpaired) electrons. The molecule has 1 aromatic heterocycles. The molecule has 5 heteroatoms. The second-order valence-electron chi connectivity index (χ2n) is 5.47. The maximum atomic E-state index is 6.12. The Morgan fingerprint density at radius 2 is 2.10 bits per heavy atom. The van der Waals surface area contributed by atoms with Crippen LogP contribution in [0, 0.1) is 0 Å². The summed E-state index contributed by atoms with van der Waals surface area (Å²) in [5.41, 5.74) is 7.46. The number of benzene rings is 1. The molecule has 0 atom stereocenters. The lowest BCUT2D eigenvalue weighted by atomic mass is 10.2. The van der Waals surface area contributed by atoms with Crippen molar-refractivity contribution < 1.29 is 4.74 Å². The van der Waals surface area contributed by atoms with Gasteiger partial charge in [-0.2, -0.15) is 5.10 Å². The Kier molecular flexibility index (Phi) is 4.46. The third-order valence-corrected chi connectivity index (χ3v) is 4.35. The number of rotatable bonds is 5. The highest BCUT2D eigenvalue weighted by Crippen LogP contribution is 2.29. The Balaban J connectivity index is 1.61. The zero-order valence-corrected chi connectivity index (χ0v) is 12.7. The molecule has 0 amide bonds. The maximum Gasteiger partial charge on any atom is 0.132 e.